The number of benzene rings is 2. The Hall–Kier alpha value is -3.20. The fourth-order valence-electron chi connectivity index (χ4n) is 2.49. The number of H-pyrrole nitrogens is 1. The summed E-state index contributed by atoms with van der Waals surface area (Å²) in [5.74, 6) is -1.40. The van der Waals surface area contributed by atoms with E-state index in [2.05, 4.69) is 26.2 Å². The summed E-state index contributed by atoms with van der Waals surface area (Å²) in [6, 6.07) is 13.0. The summed E-state index contributed by atoms with van der Waals surface area (Å²) < 4.78 is 5.74. The summed E-state index contributed by atoms with van der Waals surface area (Å²) in [6.07, 6.45) is -1.16. The summed E-state index contributed by atoms with van der Waals surface area (Å²) in [5, 5.41) is 14.2. The number of ether oxygens (including phenoxy) is 1. The van der Waals surface area contributed by atoms with Gasteiger partial charge in [0.1, 0.15) is 11.4 Å². The highest BCUT2D eigenvalue weighted by atomic mass is 79.9. The molecule has 0 fully saturated rings. The van der Waals surface area contributed by atoms with E-state index in [1.807, 2.05) is 24.3 Å². The third kappa shape index (κ3) is 3.82. The molecule has 3 rings (SSSR count). The molecule has 138 valence electrons. The first kappa shape index (κ1) is 18.6. The highest BCUT2D eigenvalue weighted by Crippen LogP contribution is 2.28. The maximum atomic E-state index is 12.4. The molecule has 0 aliphatic heterocycles. The number of carbonyl (C=O) groups is 2. The number of amides is 1. The minimum atomic E-state index is -1.16. The van der Waals surface area contributed by atoms with Gasteiger partial charge in [-0.2, -0.15) is 0 Å². The lowest BCUT2D eigenvalue weighted by Gasteiger charge is -2.13. The Morgan fingerprint density at radius 2 is 1.85 bits per heavy atom. The molecule has 3 aromatic rings. The first-order valence-corrected chi connectivity index (χ1v) is 8.69. The number of nitro groups is 1. The van der Waals surface area contributed by atoms with Crippen LogP contribution < -0.4 is 5.32 Å². The van der Waals surface area contributed by atoms with E-state index < -0.39 is 22.9 Å². The smallest absolute Gasteiger partial charge is 0.356 e. The van der Waals surface area contributed by atoms with E-state index in [-0.39, 0.29) is 17.1 Å². The molecule has 0 spiro atoms. The Kier molecular flexibility index (Phi) is 5.22. The van der Waals surface area contributed by atoms with Gasteiger partial charge in [0.15, 0.2) is 6.10 Å². The summed E-state index contributed by atoms with van der Waals surface area (Å²) in [6.45, 7) is 1.39. The second kappa shape index (κ2) is 7.58. The number of nitro benzene ring substituents is 1. The number of esters is 1. The van der Waals surface area contributed by atoms with Gasteiger partial charge in [-0.25, -0.2) is 4.79 Å². The van der Waals surface area contributed by atoms with Gasteiger partial charge >= 0.3 is 5.97 Å². The van der Waals surface area contributed by atoms with E-state index in [0.717, 1.165) is 10.9 Å². The molecule has 1 heterocycles. The molecule has 1 unspecified atom stereocenters. The Balaban J connectivity index is 1.73. The Bertz CT molecular complexity index is 1050. The molecule has 2 N–H and O–H groups in total. The fraction of sp³-hybridized carbons (Fsp3) is 0.111. The molecule has 0 saturated heterocycles. The van der Waals surface area contributed by atoms with Crippen molar-refractivity contribution in [2.24, 2.45) is 0 Å². The second-order valence-electron chi connectivity index (χ2n) is 5.67. The number of hydrogen-bond acceptors (Lipinski definition) is 5. The minimum Gasteiger partial charge on any atom is -0.448 e. The lowest BCUT2D eigenvalue weighted by Crippen LogP contribution is -2.30. The number of para-hydroxylation sites is 3. The molecule has 8 nitrogen and oxygen atoms in total. The van der Waals surface area contributed by atoms with Crippen molar-refractivity contribution in [1.82, 2.24) is 4.98 Å². The molecule has 0 bridgehead atoms. The van der Waals surface area contributed by atoms with E-state index in [1.165, 1.54) is 25.1 Å². The molecule has 1 amide bonds. The van der Waals surface area contributed by atoms with Crippen molar-refractivity contribution in [2.45, 2.75) is 13.0 Å². The zero-order valence-electron chi connectivity index (χ0n) is 14.1. The van der Waals surface area contributed by atoms with Crippen molar-refractivity contribution < 1.29 is 19.2 Å². The Morgan fingerprint density at radius 3 is 2.56 bits per heavy atom. The zero-order valence-corrected chi connectivity index (χ0v) is 15.6. The van der Waals surface area contributed by atoms with Crippen molar-refractivity contribution in [3.05, 3.63) is 68.8 Å². The molecule has 0 aliphatic carbocycles. The molecular formula is C18H14BrN3O5. The van der Waals surface area contributed by atoms with Gasteiger partial charge in [0, 0.05) is 17.0 Å². The molecule has 1 aromatic heterocycles. The number of carbonyl (C=O) groups excluding carboxylic acids is 2. The monoisotopic (exact) mass is 431 g/mol. The topological polar surface area (TPSA) is 114 Å². The summed E-state index contributed by atoms with van der Waals surface area (Å²) in [7, 11) is 0. The SMILES string of the molecule is CC(OC(=O)c1[nH]c2ccccc2c1Br)C(=O)Nc1ccccc1[N+](=O)[O-]. The summed E-state index contributed by atoms with van der Waals surface area (Å²) in [4.78, 5) is 38.0. The van der Waals surface area contributed by atoms with Gasteiger partial charge in [0.25, 0.3) is 11.6 Å². The summed E-state index contributed by atoms with van der Waals surface area (Å²) >= 11 is 3.35. The molecule has 27 heavy (non-hydrogen) atoms. The molecule has 9 heteroatoms. The van der Waals surface area contributed by atoms with Crippen molar-refractivity contribution in [3.63, 3.8) is 0 Å². The quantitative estimate of drug-likeness (QED) is 0.359. The molecule has 1 atom stereocenters. The largest absolute Gasteiger partial charge is 0.448 e. The Morgan fingerprint density at radius 1 is 1.19 bits per heavy atom. The van der Waals surface area contributed by atoms with Gasteiger partial charge in [-0.3, -0.25) is 14.9 Å². The number of nitrogens with one attached hydrogen (secondary N) is 2. The van der Waals surface area contributed by atoms with Crippen molar-refractivity contribution in [2.75, 3.05) is 5.32 Å². The normalized spacial score (nSPS) is 11.8. The van der Waals surface area contributed by atoms with Crippen LogP contribution in [0, 0.1) is 10.1 Å². The first-order chi connectivity index (χ1) is 12.9. The van der Waals surface area contributed by atoms with E-state index in [1.54, 1.807) is 6.07 Å². The summed E-state index contributed by atoms with van der Waals surface area (Å²) in [5.41, 5.74) is 0.708. The minimum absolute atomic E-state index is 0.0298. The number of hydrogen-bond donors (Lipinski definition) is 2. The van der Waals surface area contributed by atoms with Crippen LogP contribution in [0.3, 0.4) is 0 Å². The number of nitrogens with zero attached hydrogens (tertiary/aromatic N) is 1. The van der Waals surface area contributed by atoms with Crippen LogP contribution in [-0.4, -0.2) is 27.9 Å². The number of anilines is 1. The van der Waals surface area contributed by atoms with Crippen LogP contribution >= 0.6 is 15.9 Å². The van der Waals surface area contributed by atoms with E-state index >= 15 is 0 Å². The predicted molar refractivity (Wildman–Crippen MR) is 103 cm³/mol. The van der Waals surface area contributed by atoms with Gasteiger partial charge in [-0.15, -0.1) is 0 Å². The fourth-order valence-corrected chi connectivity index (χ4v) is 3.10. The van der Waals surface area contributed by atoms with Crippen molar-refractivity contribution in [3.8, 4) is 0 Å². The molecule has 0 aliphatic rings. The standard InChI is InChI=1S/C18H14BrN3O5/c1-10(17(23)21-13-8-4-5-9-14(13)22(25)26)27-18(24)16-15(19)11-6-2-3-7-12(11)20-16/h2-10,20H,1H3,(H,21,23). The van der Waals surface area contributed by atoms with Gasteiger partial charge in [0.05, 0.1) is 9.40 Å². The van der Waals surface area contributed by atoms with Crippen LogP contribution in [0.25, 0.3) is 10.9 Å². The maximum absolute atomic E-state index is 12.4. The lowest BCUT2D eigenvalue weighted by molar-refractivity contribution is -0.383. The third-order valence-corrected chi connectivity index (χ3v) is 4.68. The van der Waals surface area contributed by atoms with Crippen molar-refractivity contribution >= 4 is 50.1 Å². The van der Waals surface area contributed by atoms with Crippen LogP contribution in [0.5, 0.6) is 0 Å². The van der Waals surface area contributed by atoms with Crippen LogP contribution in [-0.2, 0) is 9.53 Å². The lowest BCUT2D eigenvalue weighted by atomic mass is 10.2. The van der Waals surface area contributed by atoms with Gasteiger partial charge in [-0.1, -0.05) is 30.3 Å². The van der Waals surface area contributed by atoms with Crippen LogP contribution in [0.4, 0.5) is 11.4 Å². The highest BCUT2D eigenvalue weighted by molar-refractivity contribution is 9.10. The Labute approximate surface area is 161 Å². The van der Waals surface area contributed by atoms with Crippen molar-refractivity contribution in [1.29, 1.82) is 0 Å². The van der Waals surface area contributed by atoms with Crippen LogP contribution in [0.15, 0.2) is 53.0 Å². The zero-order chi connectivity index (χ0) is 19.6. The average molecular weight is 432 g/mol. The van der Waals surface area contributed by atoms with Crippen LogP contribution in [0.1, 0.15) is 17.4 Å². The number of aromatic nitrogens is 1. The van der Waals surface area contributed by atoms with Gasteiger partial charge in [0.2, 0.25) is 0 Å². The number of fused-ring (bicyclic) bond motifs is 1. The molecule has 0 saturated carbocycles. The number of rotatable bonds is 5. The number of aromatic amines is 1. The maximum Gasteiger partial charge on any atom is 0.356 e. The predicted octanol–water partition coefficient (Wildman–Crippen LogP) is 4.02. The van der Waals surface area contributed by atoms with E-state index in [4.69, 9.17) is 4.74 Å². The first-order valence-electron chi connectivity index (χ1n) is 7.90. The van der Waals surface area contributed by atoms with Gasteiger partial charge in [-0.05, 0) is 35.0 Å². The van der Waals surface area contributed by atoms with Crippen LogP contribution in [0.2, 0.25) is 0 Å². The molecular weight excluding hydrogens is 418 g/mol. The second-order valence-corrected chi connectivity index (χ2v) is 6.46. The van der Waals surface area contributed by atoms with E-state index in [0.29, 0.717) is 4.47 Å². The average Bonchev–Trinajstić information content (AvgIpc) is 2.99. The molecule has 2 aromatic carbocycles. The molecule has 0 radical (unpaired) electrons. The van der Waals surface area contributed by atoms with E-state index in [9.17, 15) is 19.7 Å². The highest BCUT2D eigenvalue weighted by Gasteiger charge is 2.24. The van der Waals surface area contributed by atoms with Gasteiger partial charge < -0.3 is 15.0 Å². The third-order valence-electron chi connectivity index (χ3n) is 3.86. The number of halogens is 1.